The minimum atomic E-state index is -4.40. The number of nitrogens with one attached hydrogen (secondary N) is 1. The lowest BCUT2D eigenvalue weighted by Gasteiger charge is -2.23. The zero-order chi connectivity index (χ0) is 17.5. The van der Waals surface area contributed by atoms with Crippen LogP contribution < -0.4 is 5.32 Å². The number of hydrogen-bond donors (Lipinski definition) is 1. The molecular formula is C14H26F3IN4O2. The number of halogens is 4. The Labute approximate surface area is 157 Å². The Hall–Kier alpha value is -0.780. The number of guanidine groups is 1. The fraction of sp³-hybridized carbons (Fsp3) is 0.857. The highest BCUT2D eigenvalue weighted by Crippen LogP contribution is 2.17. The molecule has 1 amide bonds. The normalized spacial score (nSPS) is 18.3. The number of amides is 1. The van der Waals surface area contributed by atoms with E-state index >= 15 is 0 Å². The average Bonchev–Trinajstić information content (AvgIpc) is 2.92. The van der Waals surface area contributed by atoms with Crippen molar-refractivity contribution in [3.05, 3.63) is 0 Å². The lowest BCUT2D eigenvalue weighted by atomic mass is 10.1. The summed E-state index contributed by atoms with van der Waals surface area (Å²) in [5, 5.41) is 2.83. The first-order valence-electron chi connectivity index (χ1n) is 7.60. The van der Waals surface area contributed by atoms with Gasteiger partial charge in [0, 0.05) is 39.7 Å². The average molecular weight is 466 g/mol. The molecule has 1 atom stereocenters. The van der Waals surface area contributed by atoms with Crippen LogP contribution in [0.3, 0.4) is 0 Å². The maximum Gasteiger partial charge on any atom is 0.406 e. The Bertz CT molecular complexity index is 421. The summed E-state index contributed by atoms with van der Waals surface area (Å²) in [5.74, 6) is 0.295. The van der Waals surface area contributed by atoms with Crippen LogP contribution in [0.1, 0.15) is 13.3 Å². The number of nitrogens with zero attached hydrogens (tertiary/aromatic N) is 3. The van der Waals surface area contributed by atoms with E-state index in [9.17, 15) is 18.0 Å². The van der Waals surface area contributed by atoms with E-state index in [0.717, 1.165) is 26.6 Å². The van der Waals surface area contributed by atoms with Crippen LogP contribution in [-0.2, 0) is 9.53 Å². The van der Waals surface area contributed by atoms with Gasteiger partial charge in [-0.15, -0.1) is 24.0 Å². The van der Waals surface area contributed by atoms with E-state index < -0.39 is 18.6 Å². The van der Waals surface area contributed by atoms with Gasteiger partial charge in [0.05, 0.1) is 13.2 Å². The molecule has 1 heterocycles. The second-order valence-corrected chi connectivity index (χ2v) is 5.53. The van der Waals surface area contributed by atoms with E-state index in [0.29, 0.717) is 30.0 Å². The molecule has 10 heteroatoms. The largest absolute Gasteiger partial charge is 0.406 e. The summed E-state index contributed by atoms with van der Waals surface area (Å²) < 4.78 is 42.2. The molecular weight excluding hydrogens is 440 g/mol. The summed E-state index contributed by atoms with van der Waals surface area (Å²) >= 11 is 0. The standard InChI is InChI=1S/C14H25F3N4O2.HI/c1-4-23-9-11-5-6-21(8-11)13(18-2)19-7-12(22)20(3)10-14(15,16)17;/h11H,4-10H2,1-3H3,(H,18,19);1H. The van der Waals surface area contributed by atoms with Crippen molar-refractivity contribution < 1.29 is 22.7 Å². The summed E-state index contributed by atoms with van der Waals surface area (Å²) in [6.45, 7) is 3.35. The van der Waals surface area contributed by atoms with Gasteiger partial charge in [-0.25, -0.2) is 0 Å². The number of hydrogen-bond acceptors (Lipinski definition) is 3. The fourth-order valence-corrected chi connectivity index (χ4v) is 2.42. The topological polar surface area (TPSA) is 57.2 Å². The molecule has 0 saturated carbocycles. The number of alkyl halides is 3. The number of aliphatic imine (C=N–C) groups is 1. The molecule has 24 heavy (non-hydrogen) atoms. The molecule has 1 rings (SSSR count). The molecule has 0 aromatic carbocycles. The van der Waals surface area contributed by atoms with Crippen molar-refractivity contribution in [1.29, 1.82) is 0 Å². The van der Waals surface area contributed by atoms with Crippen LogP contribution in [0.25, 0.3) is 0 Å². The molecule has 0 radical (unpaired) electrons. The minimum absolute atomic E-state index is 0. The van der Waals surface area contributed by atoms with Gasteiger partial charge in [-0.3, -0.25) is 9.79 Å². The van der Waals surface area contributed by atoms with Crippen molar-refractivity contribution in [3.63, 3.8) is 0 Å². The van der Waals surface area contributed by atoms with Gasteiger partial charge in [0.2, 0.25) is 5.91 Å². The van der Waals surface area contributed by atoms with Crippen LogP contribution in [-0.4, -0.2) is 81.3 Å². The first-order chi connectivity index (χ1) is 10.8. The van der Waals surface area contributed by atoms with Crippen molar-refractivity contribution >= 4 is 35.8 Å². The predicted octanol–water partition coefficient (Wildman–Crippen LogP) is 1.56. The highest BCUT2D eigenvalue weighted by atomic mass is 127. The van der Waals surface area contributed by atoms with Crippen LogP contribution in [0.5, 0.6) is 0 Å². The third-order valence-electron chi connectivity index (χ3n) is 3.59. The molecule has 1 N–H and O–H groups in total. The molecule has 1 saturated heterocycles. The predicted molar refractivity (Wildman–Crippen MR) is 96.6 cm³/mol. The number of rotatable bonds is 6. The number of likely N-dealkylation sites (tertiary alicyclic amines) is 1. The third kappa shape index (κ3) is 8.36. The van der Waals surface area contributed by atoms with Gasteiger partial charge in [-0.1, -0.05) is 0 Å². The maximum atomic E-state index is 12.3. The lowest BCUT2D eigenvalue weighted by Crippen LogP contribution is -2.46. The van der Waals surface area contributed by atoms with E-state index in [2.05, 4.69) is 10.3 Å². The van der Waals surface area contributed by atoms with E-state index in [1.165, 1.54) is 0 Å². The lowest BCUT2D eigenvalue weighted by molar-refractivity contribution is -0.157. The highest BCUT2D eigenvalue weighted by molar-refractivity contribution is 14.0. The SMILES string of the molecule is CCOCC1CCN(C(=NC)NCC(=O)N(C)CC(F)(F)F)C1.I. The Morgan fingerprint density at radius 2 is 2.12 bits per heavy atom. The number of carbonyl (C=O) groups is 1. The van der Waals surface area contributed by atoms with Gasteiger partial charge >= 0.3 is 6.18 Å². The zero-order valence-corrected chi connectivity index (χ0v) is 16.6. The smallest absolute Gasteiger partial charge is 0.381 e. The molecule has 1 unspecified atom stereocenters. The molecule has 6 nitrogen and oxygen atoms in total. The Morgan fingerprint density at radius 3 is 2.67 bits per heavy atom. The summed E-state index contributed by atoms with van der Waals surface area (Å²) in [5.41, 5.74) is 0. The van der Waals surface area contributed by atoms with Crippen molar-refractivity contribution in [2.75, 3.05) is 53.5 Å². The van der Waals surface area contributed by atoms with Crippen LogP contribution in [0.15, 0.2) is 4.99 Å². The Morgan fingerprint density at radius 1 is 1.46 bits per heavy atom. The number of likely N-dealkylation sites (N-methyl/N-ethyl adjacent to an activating group) is 1. The summed E-state index contributed by atoms with van der Waals surface area (Å²) in [6, 6.07) is 0. The van der Waals surface area contributed by atoms with E-state index in [1.807, 2.05) is 11.8 Å². The van der Waals surface area contributed by atoms with Crippen LogP contribution in [0.2, 0.25) is 0 Å². The maximum absolute atomic E-state index is 12.3. The molecule has 1 fully saturated rings. The monoisotopic (exact) mass is 466 g/mol. The molecule has 0 bridgehead atoms. The molecule has 1 aliphatic heterocycles. The van der Waals surface area contributed by atoms with Crippen LogP contribution in [0, 0.1) is 5.92 Å². The highest BCUT2D eigenvalue weighted by Gasteiger charge is 2.31. The van der Waals surface area contributed by atoms with Gasteiger partial charge in [0.25, 0.3) is 0 Å². The van der Waals surface area contributed by atoms with Gasteiger partial charge in [0.15, 0.2) is 5.96 Å². The first-order valence-corrected chi connectivity index (χ1v) is 7.60. The van der Waals surface area contributed by atoms with E-state index in [-0.39, 0.29) is 30.5 Å². The van der Waals surface area contributed by atoms with Crippen LogP contribution in [0.4, 0.5) is 13.2 Å². The van der Waals surface area contributed by atoms with Gasteiger partial charge in [0.1, 0.15) is 6.54 Å². The van der Waals surface area contributed by atoms with Crippen molar-refractivity contribution in [2.45, 2.75) is 19.5 Å². The number of carbonyl (C=O) groups excluding carboxylic acids is 1. The van der Waals surface area contributed by atoms with Crippen molar-refractivity contribution in [2.24, 2.45) is 10.9 Å². The van der Waals surface area contributed by atoms with Crippen molar-refractivity contribution in [3.8, 4) is 0 Å². The third-order valence-corrected chi connectivity index (χ3v) is 3.59. The van der Waals surface area contributed by atoms with Crippen LogP contribution >= 0.6 is 24.0 Å². The quantitative estimate of drug-likeness (QED) is 0.367. The summed E-state index contributed by atoms with van der Waals surface area (Å²) in [4.78, 5) is 18.5. The van der Waals surface area contributed by atoms with E-state index in [4.69, 9.17) is 4.74 Å². The van der Waals surface area contributed by atoms with Gasteiger partial charge in [-0.2, -0.15) is 13.2 Å². The molecule has 0 aromatic rings. The van der Waals surface area contributed by atoms with Gasteiger partial charge in [-0.05, 0) is 13.3 Å². The fourth-order valence-electron chi connectivity index (χ4n) is 2.42. The molecule has 0 aliphatic carbocycles. The van der Waals surface area contributed by atoms with Crippen molar-refractivity contribution in [1.82, 2.24) is 15.1 Å². The molecule has 1 aliphatic rings. The Kier molecular flexibility index (Phi) is 10.6. The Balaban J connectivity index is 0.00000529. The summed E-state index contributed by atoms with van der Waals surface area (Å²) in [6.07, 6.45) is -3.43. The van der Waals surface area contributed by atoms with Gasteiger partial charge < -0.3 is 19.9 Å². The first kappa shape index (κ1) is 23.2. The van der Waals surface area contributed by atoms with E-state index in [1.54, 1.807) is 7.05 Å². The summed E-state index contributed by atoms with van der Waals surface area (Å²) in [7, 11) is 2.72. The second-order valence-electron chi connectivity index (χ2n) is 5.53. The number of ether oxygens (including phenoxy) is 1. The second kappa shape index (κ2) is 11.0. The molecule has 0 aromatic heterocycles. The minimum Gasteiger partial charge on any atom is -0.381 e. The molecule has 0 spiro atoms. The zero-order valence-electron chi connectivity index (χ0n) is 14.2. The molecule has 142 valence electrons.